The lowest BCUT2D eigenvalue weighted by molar-refractivity contribution is -0.118. The molecule has 2 N–H and O–H groups in total. The standard InChI is InChI=1S/C29H51N2O9PS2.CH3F/c1-21(31-15-14-24(32)30-22(31)2)25(33)23(37-9)20-40-41(36,38-16-10-12-18-42-26(34)28(3,4)5)39-17-11-13-19-43-27(35)29(6,7)8;1-2/h14-15,21,23,25,33H,2,10-13,16-20H2,1,3-9H3,(H,30,32);1H3/t21?,23?,25-;/m0./s1. The largest absolute Gasteiger partial charge is 0.474 e. The fourth-order valence-electron chi connectivity index (χ4n) is 3.45. The van der Waals surface area contributed by atoms with E-state index in [0.717, 1.165) is 0 Å². The highest BCUT2D eigenvalue weighted by molar-refractivity contribution is 8.14. The summed E-state index contributed by atoms with van der Waals surface area (Å²) in [6, 6.07) is -0.569. The first kappa shape index (κ1) is 43.8. The van der Waals surface area contributed by atoms with E-state index in [2.05, 4.69) is 11.9 Å². The monoisotopic (exact) mass is 700 g/mol. The van der Waals surface area contributed by atoms with E-state index in [9.17, 15) is 28.4 Å². The van der Waals surface area contributed by atoms with E-state index in [1.807, 2.05) is 41.5 Å². The number of phosphoric acid groups is 1. The van der Waals surface area contributed by atoms with E-state index < -0.39 is 36.9 Å². The number of phosphoric ester groups is 1. The zero-order valence-corrected chi connectivity index (χ0v) is 30.8. The van der Waals surface area contributed by atoms with Gasteiger partial charge in [-0.15, -0.1) is 0 Å². The lowest BCUT2D eigenvalue weighted by Gasteiger charge is -2.36. The normalized spacial score (nSPS) is 16.0. The summed E-state index contributed by atoms with van der Waals surface area (Å²) in [5, 5.41) is 13.8. The molecule has 0 saturated heterocycles. The molecule has 0 aromatic heterocycles. The lowest BCUT2D eigenvalue weighted by Crippen LogP contribution is -2.50. The van der Waals surface area contributed by atoms with Gasteiger partial charge < -0.3 is 20.1 Å². The van der Waals surface area contributed by atoms with Gasteiger partial charge >= 0.3 is 7.82 Å². The molecule has 0 aliphatic carbocycles. The maximum Gasteiger partial charge on any atom is 0.474 e. The summed E-state index contributed by atoms with van der Waals surface area (Å²) in [4.78, 5) is 37.4. The van der Waals surface area contributed by atoms with Gasteiger partial charge in [0.2, 0.25) is 0 Å². The van der Waals surface area contributed by atoms with Gasteiger partial charge in [0.05, 0.1) is 33.0 Å². The molecule has 0 bridgehead atoms. The summed E-state index contributed by atoms with van der Waals surface area (Å²) in [6.07, 6.45) is 3.23. The third-order valence-corrected chi connectivity index (χ3v) is 10.4. The summed E-state index contributed by atoms with van der Waals surface area (Å²) >= 11 is 2.53. The Balaban J connectivity index is 0.00000947. The number of halogens is 1. The highest BCUT2D eigenvalue weighted by Crippen LogP contribution is 2.50. The van der Waals surface area contributed by atoms with Gasteiger partial charge in [0.25, 0.3) is 5.91 Å². The average molecular weight is 701 g/mol. The van der Waals surface area contributed by atoms with Crippen LogP contribution in [0.2, 0.25) is 0 Å². The molecular weight excluding hydrogens is 646 g/mol. The minimum absolute atomic E-state index is 0.0895. The molecular formula is C30H54FN2O9PS2. The number of nitrogens with zero attached hydrogens (tertiary/aromatic N) is 1. The topological polar surface area (TPSA) is 141 Å². The Bertz CT molecular complexity index is 976. The molecule has 1 aliphatic heterocycles. The third kappa shape index (κ3) is 17.5. The van der Waals surface area contributed by atoms with Crippen LogP contribution in [0.4, 0.5) is 4.39 Å². The molecule has 0 aromatic rings. The van der Waals surface area contributed by atoms with Crippen LogP contribution in [-0.4, -0.2) is 90.0 Å². The first-order chi connectivity index (χ1) is 20.9. The molecule has 0 fully saturated rings. The van der Waals surface area contributed by atoms with E-state index in [-0.39, 0.29) is 36.0 Å². The first-order valence-electron chi connectivity index (χ1n) is 14.8. The Labute approximate surface area is 277 Å². The zero-order chi connectivity index (χ0) is 34.8. The number of carbonyl (C=O) groups excluding carboxylic acids is 3. The van der Waals surface area contributed by atoms with Crippen molar-refractivity contribution in [1.29, 1.82) is 0 Å². The molecule has 11 nitrogen and oxygen atoms in total. The summed E-state index contributed by atoms with van der Waals surface area (Å²) < 4.78 is 45.4. The number of ether oxygens (including phenoxy) is 1. The van der Waals surface area contributed by atoms with Gasteiger partial charge in [-0.2, -0.15) is 0 Å². The number of thioether (sulfide) groups is 2. The molecule has 2 unspecified atom stereocenters. The van der Waals surface area contributed by atoms with E-state index >= 15 is 0 Å². The highest BCUT2D eigenvalue weighted by Gasteiger charge is 2.34. The van der Waals surface area contributed by atoms with Crippen molar-refractivity contribution in [2.45, 2.75) is 92.4 Å². The smallest absolute Gasteiger partial charge is 0.388 e. The van der Waals surface area contributed by atoms with Crippen LogP contribution in [0.15, 0.2) is 24.7 Å². The molecule has 1 aliphatic rings. The molecule has 3 atom stereocenters. The highest BCUT2D eigenvalue weighted by atomic mass is 32.2. The maximum absolute atomic E-state index is 13.6. The number of carbonyl (C=O) groups is 3. The van der Waals surface area contributed by atoms with E-state index in [1.165, 1.54) is 42.9 Å². The number of hydrogen-bond acceptors (Lipinski definition) is 12. The van der Waals surface area contributed by atoms with Crippen LogP contribution in [0.1, 0.15) is 74.1 Å². The summed E-state index contributed by atoms with van der Waals surface area (Å²) in [5.74, 6) is 1.21. The third-order valence-electron chi connectivity index (χ3n) is 6.25. The van der Waals surface area contributed by atoms with Gasteiger partial charge in [-0.25, -0.2) is 4.57 Å². The van der Waals surface area contributed by atoms with Crippen LogP contribution < -0.4 is 5.32 Å². The second kappa shape index (κ2) is 21.6. The summed E-state index contributed by atoms with van der Waals surface area (Å²) in [7, 11) is -2.14. The number of alkyl halides is 1. The van der Waals surface area contributed by atoms with Crippen molar-refractivity contribution in [2.75, 3.05) is 45.6 Å². The number of nitrogens with one attached hydrogen (secondary N) is 1. The van der Waals surface area contributed by atoms with Crippen molar-refractivity contribution in [2.24, 2.45) is 10.8 Å². The Morgan fingerprint density at radius 3 is 1.84 bits per heavy atom. The van der Waals surface area contributed by atoms with E-state index in [1.54, 1.807) is 11.8 Å². The van der Waals surface area contributed by atoms with Crippen molar-refractivity contribution >= 4 is 47.5 Å². The maximum atomic E-state index is 13.6. The number of rotatable bonds is 19. The number of amides is 1. The molecule has 1 rings (SSSR count). The predicted molar refractivity (Wildman–Crippen MR) is 179 cm³/mol. The molecule has 1 amide bonds. The zero-order valence-electron chi connectivity index (χ0n) is 28.3. The second-order valence-electron chi connectivity index (χ2n) is 12.3. The van der Waals surface area contributed by atoms with Gasteiger partial charge in [0, 0.05) is 41.7 Å². The molecule has 45 heavy (non-hydrogen) atoms. The van der Waals surface area contributed by atoms with E-state index in [0.29, 0.717) is 50.2 Å². The van der Waals surface area contributed by atoms with Gasteiger partial charge in [-0.05, 0) is 32.6 Å². The molecule has 0 radical (unpaired) electrons. The molecule has 0 aromatic carbocycles. The second-order valence-corrected chi connectivity index (χ2v) is 16.1. The van der Waals surface area contributed by atoms with E-state index in [4.69, 9.17) is 18.3 Å². The van der Waals surface area contributed by atoms with Gasteiger partial charge in [0.15, 0.2) is 10.2 Å². The number of methoxy groups -OCH3 is 1. The Morgan fingerprint density at radius 1 is 0.978 bits per heavy atom. The molecule has 262 valence electrons. The van der Waals surface area contributed by atoms with Crippen molar-refractivity contribution in [1.82, 2.24) is 10.2 Å². The van der Waals surface area contributed by atoms with Gasteiger partial charge in [-0.3, -0.25) is 32.3 Å². The molecule has 15 heteroatoms. The molecule has 1 heterocycles. The number of unbranched alkanes of at least 4 members (excludes halogenated alkanes) is 2. The number of aliphatic hydroxyl groups is 1. The van der Waals surface area contributed by atoms with Gasteiger partial charge in [0.1, 0.15) is 18.0 Å². The van der Waals surface area contributed by atoms with Crippen LogP contribution in [-0.2, 0) is 37.3 Å². The lowest BCUT2D eigenvalue weighted by atomic mass is 9.99. The average Bonchev–Trinajstić information content (AvgIpc) is 2.96. The quantitative estimate of drug-likeness (QED) is 0.119. The first-order valence-corrected chi connectivity index (χ1v) is 18.3. The molecule has 0 saturated carbocycles. The van der Waals surface area contributed by atoms with Crippen LogP contribution >= 0.6 is 31.3 Å². The van der Waals surface area contributed by atoms with Crippen LogP contribution in [0.5, 0.6) is 0 Å². The summed E-state index contributed by atoms with van der Waals surface area (Å²) in [6.45, 7) is 16.7. The van der Waals surface area contributed by atoms with Gasteiger partial charge in [-0.1, -0.05) is 71.6 Å². The Hall–Kier alpha value is -1.25. The minimum Gasteiger partial charge on any atom is -0.388 e. The fourth-order valence-corrected chi connectivity index (χ4v) is 6.64. The van der Waals surface area contributed by atoms with Crippen LogP contribution in [0.3, 0.4) is 0 Å². The Morgan fingerprint density at radius 2 is 1.44 bits per heavy atom. The van der Waals surface area contributed by atoms with Crippen molar-refractivity contribution < 1.29 is 46.8 Å². The van der Waals surface area contributed by atoms with Crippen molar-refractivity contribution in [3.8, 4) is 0 Å². The predicted octanol–water partition coefficient (Wildman–Crippen LogP) is 6.08. The van der Waals surface area contributed by atoms with Crippen molar-refractivity contribution in [3.05, 3.63) is 24.7 Å². The SMILES string of the molecule is C=C1NC(=O)C=CN1C(C)[C@H](O)C(COP(=O)(OCCCCSC(=O)C(C)(C)C)OCCCCSC(=O)C(C)(C)C)OC.CF. The Kier molecular flexibility index (Phi) is 21.0. The van der Waals surface area contributed by atoms with Crippen molar-refractivity contribution in [3.63, 3.8) is 0 Å². The number of aliphatic hydroxyl groups excluding tert-OH is 1. The fraction of sp³-hybridized carbons (Fsp3) is 0.767. The number of hydrogen-bond donors (Lipinski definition) is 2. The van der Waals surface area contributed by atoms with Crippen LogP contribution in [0, 0.1) is 10.8 Å². The van der Waals surface area contributed by atoms with Crippen LogP contribution in [0.25, 0.3) is 0 Å². The minimum atomic E-state index is -4.04. The molecule has 0 spiro atoms. The summed E-state index contributed by atoms with van der Waals surface area (Å²) in [5.41, 5.74) is -0.828.